The molecule has 0 aromatic heterocycles. The van der Waals surface area contributed by atoms with Crippen LogP contribution in [0.15, 0.2) is 60.3 Å². The lowest BCUT2D eigenvalue weighted by Gasteiger charge is -2.27. The number of nitrogens with one attached hydrogen (secondary N) is 1. The largest absolute Gasteiger partial charge is 0.371 e. The fraction of sp³-hybridized carbons (Fsp3) is 0.200. The van der Waals surface area contributed by atoms with E-state index < -0.39 is 0 Å². The number of benzene rings is 2. The molecule has 0 fully saturated rings. The fourth-order valence-corrected chi connectivity index (χ4v) is 2.87. The second-order valence-corrected chi connectivity index (χ2v) is 5.97. The zero-order valence-corrected chi connectivity index (χ0v) is 13.6. The van der Waals surface area contributed by atoms with Crippen LogP contribution in [0.4, 0.5) is 5.69 Å². The summed E-state index contributed by atoms with van der Waals surface area (Å²) < 4.78 is 0. The van der Waals surface area contributed by atoms with Gasteiger partial charge in [0, 0.05) is 25.0 Å². The Labute approximate surface area is 142 Å². The van der Waals surface area contributed by atoms with Crippen LogP contribution in [0.1, 0.15) is 16.7 Å². The van der Waals surface area contributed by atoms with E-state index in [1.54, 1.807) is 6.20 Å². The van der Waals surface area contributed by atoms with Crippen molar-refractivity contribution in [3.8, 4) is 6.07 Å². The highest BCUT2D eigenvalue weighted by Crippen LogP contribution is 2.19. The number of fused-ring (bicyclic) bond motifs is 1. The van der Waals surface area contributed by atoms with Gasteiger partial charge in [-0.05, 0) is 42.2 Å². The normalized spacial score (nSPS) is 13.8. The van der Waals surface area contributed by atoms with Crippen molar-refractivity contribution in [2.75, 3.05) is 11.9 Å². The zero-order valence-electron chi connectivity index (χ0n) is 13.6. The molecule has 4 heteroatoms. The summed E-state index contributed by atoms with van der Waals surface area (Å²) in [6.45, 7) is 3.49. The van der Waals surface area contributed by atoms with Crippen molar-refractivity contribution in [3.05, 3.63) is 77.0 Å². The third kappa shape index (κ3) is 3.64. The van der Waals surface area contributed by atoms with Gasteiger partial charge in [-0.1, -0.05) is 36.4 Å². The van der Waals surface area contributed by atoms with Gasteiger partial charge in [0.25, 0.3) is 5.91 Å². The first-order valence-electron chi connectivity index (χ1n) is 7.96. The lowest BCUT2D eigenvalue weighted by molar-refractivity contribution is -0.112. The highest BCUT2D eigenvalue weighted by atomic mass is 16.1. The molecule has 0 atom stereocenters. The SMILES string of the molecule is Cc1cccc(NC(=O)/C(C#N)=C\N2CCc3ccccc3C2)c1. The van der Waals surface area contributed by atoms with E-state index in [2.05, 4.69) is 17.4 Å². The molecule has 3 rings (SSSR count). The number of carbonyl (C=O) groups is 1. The van der Waals surface area contributed by atoms with Crippen LogP contribution in [0.2, 0.25) is 0 Å². The predicted octanol–water partition coefficient (Wildman–Crippen LogP) is 3.40. The first-order chi connectivity index (χ1) is 11.7. The molecular formula is C20H19N3O. The summed E-state index contributed by atoms with van der Waals surface area (Å²) in [7, 11) is 0. The molecule has 0 spiro atoms. The number of hydrogen-bond acceptors (Lipinski definition) is 3. The fourth-order valence-electron chi connectivity index (χ4n) is 2.87. The smallest absolute Gasteiger partial charge is 0.267 e. The maximum Gasteiger partial charge on any atom is 0.267 e. The zero-order chi connectivity index (χ0) is 16.9. The van der Waals surface area contributed by atoms with Crippen molar-refractivity contribution in [2.45, 2.75) is 19.9 Å². The Hall–Kier alpha value is -3.06. The van der Waals surface area contributed by atoms with E-state index in [1.165, 1.54) is 11.1 Å². The van der Waals surface area contributed by atoms with Crippen molar-refractivity contribution in [2.24, 2.45) is 0 Å². The minimum Gasteiger partial charge on any atom is -0.371 e. The molecule has 1 aliphatic rings. The highest BCUT2D eigenvalue weighted by molar-refractivity contribution is 6.06. The molecule has 0 aliphatic carbocycles. The summed E-state index contributed by atoms with van der Waals surface area (Å²) >= 11 is 0. The number of anilines is 1. The summed E-state index contributed by atoms with van der Waals surface area (Å²) in [5.41, 5.74) is 4.46. The minimum atomic E-state index is -0.373. The van der Waals surface area contributed by atoms with Gasteiger partial charge in [-0.15, -0.1) is 0 Å². The molecule has 1 N–H and O–H groups in total. The summed E-state index contributed by atoms with van der Waals surface area (Å²) in [6, 6.07) is 17.8. The Balaban J connectivity index is 1.73. The van der Waals surface area contributed by atoms with Crippen LogP contribution in [0.5, 0.6) is 0 Å². The summed E-state index contributed by atoms with van der Waals surface area (Å²) in [6.07, 6.45) is 2.59. The number of amides is 1. The molecule has 0 bridgehead atoms. The van der Waals surface area contributed by atoms with Crippen LogP contribution in [-0.2, 0) is 17.8 Å². The van der Waals surface area contributed by atoms with E-state index in [1.807, 2.05) is 54.3 Å². The van der Waals surface area contributed by atoms with E-state index in [9.17, 15) is 10.1 Å². The first-order valence-corrected chi connectivity index (χ1v) is 7.96. The Morgan fingerprint density at radius 3 is 2.75 bits per heavy atom. The standard InChI is InChI=1S/C20H19N3O/c1-15-5-4-8-19(11-15)22-20(24)18(12-21)14-23-10-9-16-6-2-3-7-17(16)13-23/h2-8,11,14H,9-10,13H2,1H3,(H,22,24)/b18-14-. The molecule has 2 aromatic carbocycles. The van der Waals surface area contributed by atoms with Crippen LogP contribution in [-0.4, -0.2) is 17.4 Å². The Morgan fingerprint density at radius 2 is 2.00 bits per heavy atom. The Bertz CT molecular complexity index is 833. The molecular weight excluding hydrogens is 298 g/mol. The minimum absolute atomic E-state index is 0.121. The maximum absolute atomic E-state index is 12.3. The van der Waals surface area contributed by atoms with Crippen LogP contribution in [0.25, 0.3) is 0 Å². The molecule has 4 nitrogen and oxygen atoms in total. The molecule has 1 aliphatic heterocycles. The van der Waals surface area contributed by atoms with E-state index in [0.29, 0.717) is 5.69 Å². The maximum atomic E-state index is 12.3. The van der Waals surface area contributed by atoms with Gasteiger partial charge in [0.15, 0.2) is 0 Å². The van der Waals surface area contributed by atoms with Gasteiger partial charge in [0.1, 0.15) is 11.6 Å². The van der Waals surface area contributed by atoms with Crippen LogP contribution in [0.3, 0.4) is 0 Å². The number of hydrogen-bond donors (Lipinski definition) is 1. The van der Waals surface area contributed by atoms with E-state index >= 15 is 0 Å². The Kier molecular flexibility index (Phi) is 4.62. The van der Waals surface area contributed by atoms with Crippen molar-refractivity contribution in [1.29, 1.82) is 5.26 Å². The van der Waals surface area contributed by atoms with Crippen molar-refractivity contribution in [1.82, 2.24) is 4.90 Å². The molecule has 120 valence electrons. The average Bonchev–Trinajstić information content (AvgIpc) is 2.59. The quantitative estimate of drug-likeness (QED) is 0.697. The van der Waals surface area contributed by atoms with Crippen LogP contribution in [0, 0.1) is 18.3 Å². The first kappa shape index (κ1) is 15.8. The van der Waals surface area contributed by atoms with Crippen molar-refractivity contribution in [3.63, 3.8) is 0 Å². The third-order valence-corrected chi connectivity index (χ3v) is 4.11. The predicted molar refractivity (Wildman–Crippen MR) is 94.1 cm³/mol. The van der Waals surface area contributed by atoms with Gasteiger partial charge in [-0.2, -0.15) is 5.26 Å². The number of nitriles is 1. The van der Waals surface area contributed by atoms with Crippen molar-refractivity contribution < 1.29 is 4.79 Å². The lowest BCUT2D eigenvalue weighted by atomic mass is 10.0. The highest BCUT2D eigenvalue weighted by Gasteiger charge is 2.16. The summed E-state index contributed by atoms with van der Waals surface area (Å²) in [4.78, 5) is 14.4. The molecule has 0 radical (unpaired) electrons. The summed E-state index contributed by atoms with van der Waals surface area (Å²) in [5.74, 6) is -0.373. The summed E-state index contributed by atoms with van der Waals surface area (Å²) in [5, 5.41) is 12.1. The molecule has 1 amide bonds. The molecule has 0 unspecified atom stereocenters. The van der Waals surface area contributed by atoms with E-state index in [0.717, 1.165) is 25.1 Å². The second-order valence-electron chi connectivity index (χ2n) is 5.97. The van der Waals surface area contributed by atoms with Gasteiger partial charge >= 0.3 is 0 Å². The van der Waals surface area contributed by atoms with E-state index in [4.69, 9.17) is 0 Å². The van der Waals surface area contributed by atoms with Crippen LogP contribution >= 0.6 is 0 Å². The van der Waals surface area contributed by atoms with Crippen molar-refractivity contribution >= 4 is 11.6 Å². The average molecular weight is 317 g/mol. The third-order valence-electron chi connectivity index (χ3n) is 4.11. The second kappa shape index (κ2) is 7.01. The van der Waals surface area contributed by atoms with Gasteiger partial charge in [-0.3, -0.25) is 4.79 Å². The molecule has 24 heavy (non-hydrogen) atoms. The van der Waals surface area contributed by atoms with Gasteiger partial charge < -0.3 is 10.2 Å². The van der Waals surface area contributed by atoms with E-state index in [-0.39, 0.29) is 11.5 Å². The number of aryl methyl sites for hydroxylation is 1. The number of nitrogens with zero attached hydrogens (tertiary/aromatic N) is 2. The Morgan fingerprint density at radius 1 is 1.21 bits per heavy atom. The molecule has 2 aromatic rings. The van der Waals surface area contributed by atoms with Gasteiger partial charge in [0.2, 0.25) is 0 Å². The monoisotopic (exact) mass is 317 g/mol. The number of rotatable bonds is 3. The number of carbonyl (C=O) groups excluding carboxylic acids is 1. The van der Waals surface area contributed by atoms with Gasteiger partial charge in [0.05, 0.1) is 0 Å². The lowest BCUT2D eigenvalue weighted by Crippen LogP contribution is -2.27. The van der Waals surface area contributed by atoms with Gasteiger partial charge in [-0.25, -0.2) is 0 Å². The molecule has 0 saturated carbocycles. The van der Waals surface area contributed by atoms with Crippen LogP contribution < -0.4 is 5.32 Å². The molecule has 0 saturated heterocycles. The molecule has 1 heterocycles. The topological polar surface area (TPSA) is 56.1 Å².